The van der Waals surface area contributed by atoms with Crippen LogP contribution in [0.2, 0.25) is 5.02 Å². The number of sulfone groups is 1. The monoisotopic (exact) mass is 1090 g/mol. The third-order valence-electron chi connectivity index (χ3n) is 13.5. The van der Waals surface area contributed by atoms with Gasteiger partial charge in [-0.3, -0.25) is 14.4 Å². The molecule has 4 heterocycles. The Morgan fingerprint density at radius 3 is 2.35 bits per heavy atom. The van der Waals surface area contributed by atoms with Gasteiger partial charge in [0, 0.05) is 32.7 Å². The molecule has 5 N–H and O–H groups in total. The number of benzene rings is 3. The van der Waals surface area contributed by atoms with E-state index in [4.69, 9.17) is 21.1 Å². The standard InChI is InChI=1S/C55H72ClN9O8S2/c1-33(2)73-46-27-41(35(5)25-44(46)61-54-58-29-42(56)51(63-54)60-43-13-10-11-14-47(43)75(70,71)34(3)4)38-19-22-64(23-20-38)21-12-24-72-31-48(67)62-50(55(7,8)9)53(69)65-30-40(66)26-45(65)52(68)57-28-37-15-17-39(18-16-37)49-36(6)59-32-74-49/h10-11,13-18,25,27,29,32-34,38,40,45,50,66H,12,19-24,26,28,30-31H2,1-9H3,(H,57,68)(H,62,67)(H2,58,60,61,63)/t40-,45+,50+/m0/s1. The minimum absolute atomic E-state index is 0.0107. The summed E-state index contributed by atoms with van der Waals surface area (Å²) in [5.41, 5.74) is 7.38. The molecule has 5 aromatic rings. The Balaban J connectivity index is 0.874. The number of carbonyl (C=O) groups excluding carboxylic acids is 3. The number of ether oxygens (including phenoxy) is 2. The van der Waals surface area contributed by atoms with Crippen LogP contribution in [0.3, 0.4) is 0 Å². The number of carbonyl (C=O) groups is 3. The van der Waals surface area contributed by atoms with Gasteiger partial charge in [0.1, 0.15) is 29.5 Å². The lowest BCUT2D eigenvalue weighted by Crippen LogP contribution is -2.58. The fourth-order valence-electron chi connectivity index (χ4n) is 9.43. The van der Waals surface area contributed by atoms with Crippen molar-refractivity contribution in [3.05, 3.63) is 99.8 Å². The summed E-state index contributed by atoms with van der Waals surface area (Å²) in [6, 6.07) is 16.9. The van der Waals surface area contributed by atoms with Crippen LogP contribution < -0.4 is 26.0 Å². The number of piperidine rings is 1. The van der Waals surface area contributed by atoms with E-state index in [1.54, 1.807) is 49.4 Å². The molecule has 404 valence electrons. The summed E-state index contributed by atoms with van der Waals surface area (Å²) < 4.78 is 38.4. The van der Waals surface area contributed by atoms with Gasteiger partial charge < -0.3 is 45.6 Å². The molecule has 0 bridgehead atoms. The van der Waals surface area contributed by atoms with Crippen LogP contribution in [-0.2, 0) is 35.5 Å². The zero-order chi connectivity index (χ0) is 54.2. The number of aliphatic hydroxyl groups excluding tert-OH is 1. The van der Waals surface area contributed by atoms with Crippen molar-refractivity contribution in [1.29, 1.82) is 0 Å². The zero-order valence-electron chi connectivity index (χ0n) is 44.4. The van der Waals surface area contributed by atoms with E-state index in [0.29, 0.717) is 29.6 Å². The average Bonchev–Trinajstić information content (AvgIpc) is 3.99. The Morgan fingerprint density at radius 1 is 0.960 bits per heavy atom. The van der Waals surface area contributed by atoms with E-state index in [1.165, 1.54) is 16.7 Å². The number of hydrogen-bond acceptors (Lipinski definition) is 15. The van der Waals surface area contributed by atoms with Gasteiger partial charge >= 0.3 is 0 Å². The van der Waals surface area contributed by atoms with Gasteiger partial charge in [0.15, 0.2) is 15.7 Å². The van der Waals surface area contributed by atoms with Gasteiger partial charge in [0.05, 0.1) is 56.0 Å². The number of nitrogens with one attached hydrogen (secondary N) is 4. The molecule has 0 radical (unpaired) electrons. The molecule has 3 atom stereocenters. The molecule has 0 saturated carbocycles. The van der Waals surface area contributed by atoms with Crippen LogP contribution in [0.5, 0.6) is 5.75 Å². The number of nitrogens with zero attached hydrogens (tertiary/aromatic N) is 5. The van der Waals surface area contributed by atoms with Gasteiger partial charge in [-0.05, 0) is 132 Å². The molecular formula is C55H72ClN9O8S2. The Kier molecular flexibility index (Phi) is 19.0. The molecule has 0 aliphatic carbocycles. The highest BCUT2D eigenvalue weighted by molar-refractivity contribution is 7.92. The van der Waals surface area contributed by atoms with Gasteiger partial charge in [-0.1, -0.05) is 68.8 Å². The number of thiazole rings is 1. The maximum Gasteiger partial charge on any atom is 0.246 e. The lowest BCUT2D eigenvalue weighted by atomic mass is 9.85. The molecule has 2 aromatic heterocycles. The van der Waals surface area contributed by atoms with Crippen LogP contribution in [0, 0.1) is 19.3 Å². The summed E-state index contributed by atoms with van der Waals surface area (Å²) in [5, 5.41) is 22.5. The number of β-amino-alcohol motifs (C(OH)–C–C–N with tert-alkyl or cyclic N) is 1. The molecule has 20 heteroatoms. The Bertz CT molecular complexity index is 2900. The third-order valence-corrected chi connectivity index (χ3v) is 17.0. The molecule has 3 aromatic carbocycles. The van der Waals surface area contributed by atoms with Gasteiger partial charge in [-0.25, -0.2) is 18.4 Å². The fourth-order valence-corrected chi connectivity index (χ4v) is 11.6. The highest BCUT2D eigenvalue weighted by atomic mass is 35.5. The predicted octanol–water partition coefficient (Wildman–Crippen LogP) is 8.72. The molecule has 2 saturated heterocycles. The summed E-state index contributed by atoms with van der Waals surface area (Å²) in [7, 11) is -3.59. The number of likely N-dealkylation sites (tertiary alicyclic amines) is 2. The minimum atomic E-state index is -3.59. The summed E-state index contributed by atoms with van der Waals surface area (Å²) >= 11 is 8.11. The van der Waals surface area contributed by atoms with Crippen molar-refractivity contribution in [2.75, 3.05) is 50.0 Å². The second-order valence-electron chi connectivity index (χ2n) is 21.1. The van der Waals surface area contributed by atoms with E-state index in [0.717, 1.165) is 66.2 Å². The summed E-state index contributed by atoms with van der Waals surface area (Å²) in [6.07, 6.45) is 3.19. The SMILES string of the molecule is Cc1cc(Nc2ncc(Cl)c(Nc3ccccc3S(=O)(=O)C(C)C)n2)c(OC(C)C)cc1C1CCN(CCCOCC(=O)N[C@H](C(=O)N2C[C@@H](O)C[C@@H]2C(=O)NCc2ccc(-c3scnc3C)cc2)C(C)(C)C)CC1. The fraction of sp³-hybridized carbons (Fsp3) is 0.491. The number of para-hydroxylation sites is 1. The summed E-state index contributed by atoms with van der Waals surface area (Å²) in [5.74, 6) is 0.248. The molecule has 7 rings (SSSR count). The number of anilines is 4. The number of hydrogen-bond donors (Lipinski definition) is 5. The third kappa shape index (κ3) is 14.6. The Morgan fingerprint density at radius 2 is 1.68 bits per heavy atom. The van der Waals surface area contributed by atoms with Crippen LogP contribution in [0.25, 0.3) is 10.4 Å². The van der Waals surface area contributed by atoms with E-state index >= 15 is 0 Å². The van der Waals surface area contributed by atoms with Crippen molar-refractivity contribution in [1.82, 2.24) is 35.4 Å². The molecule has 2 aliphatic rings. The van der Waals surface area contributed by atoms with E-state index in [9.17, 15) is 27.9 Å². The normalized spacial score (nSPS) is 17.1. The zero-order valence-corrected chi connectivity index (χ0v) is 46.8. The molecule has 3 amide bonds. The molecule has 0 unspecified atom stereocenters. The molecule has 0 spiro atoms. The molecule has 2 aliphatic heterocycles. The van der Waals surface area contributed by atoms with Crippen LogP contribution in [-0.4, -0.2) is 125 Å². The number of rotatable bonds is 21. The van der Waals surface area contributed by atoms with Crippen LogP contribution in [0.15, 0.2) is 77.3 Å². The van der Waals surface area contributed by atoms with Gasteiger partial charge in [-0.15, -0.1) is 11.3 Å². The van der Waals surface area contributed by atoms with Crippen LogP contribution >= 0.6 is 22.9 Å². The predicted molar refractivity (Wildman–Crippen MR) is 295 cm³/mol. The summed E-state index contributed by atoms with van der Waals surface area (Å²) in [6.45, 7) is 19.8. The van der Waals surface area contributed by atoms with Gasteiger partial charge in [0.2, 0.25) is 23.7 Å². The van der Waals surface area contributed by atoms with Gasteiger partial charge in [-0.2, -0.15) is 4.98 Å². The van der Waals surface area contributed by atoms with Crippen molar-refractivity contribution in [3.8, 4) is 16.2 Å². The smallest absolute Gasteiger partial charge is 0.246 e. The van der Waals surface area contributed by atoms with Gasteiger partial charge in [0.25, 0.3) is 0 Å². The van der Waals surface area contributed by atoms with Crippen molar-refractivity contribution >= 4 is 73.6 Å². The lowest BCUT2D eigenvalue weighted by molar-refractivity contribution is -0.144. The summed E-state index contributed by atoms with van der Waals surface area (Å²) in [4.78, 5) is 59.3. The Labute approximate surface area is 450 Å². The van der Waals surface area contributed by atoms with Crippen molar-refractivity contribution < 1.29 is 37.4 Å². The van der Waals surface area contributed by atoms with Crippen LogP contribution in [0.1, 0.15) is 102 Å². The van der Waals surface area contributed by atoms with Crippen molar-refractivity contribution in [2.24, 2.45) is 5.41 Å². The minimum Gasteiger partial charge on any atom is -0.489 e. The highest BCUT2D eigenvalue weighted by Crippen LogP contribution is 2.39. The topological polar surface area (TPSA) is 217 Å². The lowest BCUT2D eigenvalue weighted by Gasteiger charge is -2.35. The molecule has 2 fully saturated rings. The number of aryl methyl sites for hydroxylation is 2. The van der Waals surface area contributed by atoms with E-state index in [1.807, 2.05) is 77.4 Å². The van der Waals surface area contributed by atoms with Crippen LogP contribution in [0.4, 0.5) is 23.1 Å². The van der Waals surface area contributed by atoms with E-state index < -0.39 is 50.5 Å². The largest absolute Gasteiger partial charge is 0.489 e. The second kappa shape index (κ2) is 25.0. The Hall–Kier alpha value is -5.70. The number of amides is 3. The molecule has 75 heavy (non-hydrogen) atoms. The molecule has 17 nitrogen and oxygen atoms in total. The van der Waals surface area contributed by atoms with Crippen molar-refractivity contribution in [3.63, 3.8) is 0 Å². The maximum absolute atomic E-state index is 14.1. The van der Waals surface area contributed by atoms with Crippen molar-refractivity contribution in [2.45, 2.75) is 135 Å². The average molecular weight is 1090 g/mol. The van der Waals surface area contributed by atoms with E-state index in [-0.39, 0.29) is 59.8 Å². The number of aliphatic hydroxyl groups is 1. The first kappa shape index (κ1) is 57.0. The maximum atomic E-state index is 14.1. The number of aromatic nitrogens is 3. The first-order chi connectivity index (χ1) is 35.6. The molecular weight excluding hydrogens is 1010 g/mol. The highest BCUT2D eigenvalue weighted by Gasteiger charge is 2.44. The second-order valence-corrected chi connectivity index (χ2v) is 24.8. The number of halogens is 1. The first-order valence-corrected chi connectivity index (χ1v) is 28.4. The first-order valence-electron chi connectivity index (χ1n) is 25.6. The van der Waals surface area contributed by atoms with E-state index in [2.05, 4.69) is 54.1 Å². The quantitative estimate of drug-likeness (QED) is 0.0435.